The number of nitrogens with zero attached hydrogens (tertiary/aromatic N) is 4. The quantitative estimate of drug-likeness (QED) is 0.464. The molecule has 2 heterocycles. The first kappa shape index (κ1) is 20.6. The van der Waals surface area contributed by atoms with Crippen molar-refractivity contribution in [1.29, 1.82) is 5.26 Å². The van der Waals surface area contributed by atoms with Crippen molar-refractivity contribution < 1.29 is 9.18 Å². The minimum atomic E-state index is -0.310. The molecule has 0 saturated carbocycles. The van der Waals surface area contributed by atoms with Gasteiger partial charge < -0.3 is 9.88 Å². The van der Waals surface area contributed by atoms with Gasteiger partial charge in [-0.3, -0.25) is 4.79 Å². The third kappa shape index (κ3) is 4.25. The highest BCUT2D eigenvalue weighted by Crippen LogP contribution is 2.37. The Morgan fingerprint density at radius 1 is 1.27 bits per heavy atom. The number of thioether (sulfide) groups is 1. The van der Waals surface area contributed by atoms with Crippen LogP contribution in [0.1, 0.15) is 35.3 Å². The molecule has 1 N–H and O–H groups in total. The summed E-state index contributed by atoms with van der Waals surface area (Å²) in [6, 6.07) is 8.32. The van der Waals surface area contributed by atoms with Crippen molar-refractivity contribution in [1.82, 2.24) is 14.8 Å². The number of aryl methyl sites for hydroxylation is 1. The fourth-order valence-corrected chi connectivity index (χ4v) is 5.50. The second kappa shape index (κ2) is 8.98. The van der Waals surface area contributed by atoms with E-state index >= 15 is 0 Å². The average Bonchev–Trinajstić information content (AvgIpc) is 3.17. The lowest BCUT2D eigenvalue weighted by atomic mass is 10.1. The van der Waals surface area contributed by atoms with E-state index < -0.39 is 0 Å². The number of rotatable bonds is 5. The molecule has 2 aromatic heterocycles. The van der Waals surface area contributed by atoms with Crippen LogP contribution >= 0.6 is 23.1 Å². The van der Waals surface area contributed by atoms with Crippen LogP contribution in [0.5, 0.6) is 0 Å². The summed E-state index contributed by atoms with van der Waals surface area (Å²) in [5.41, 5.74) is 2.48. The van der Waals surface area contributed by atoms with Crippen LogP contribution in [0.3, 0.4) is 0 Å². The Morgan fingerprint density at radius 3 is 2.80 bits per heavy atom. The highest BCUT2D eigenvalue weighted by atomic mass is 32.2. The molecule has 1 aliphatic rings. The molecule has 1 aliphatic carbocycles. The van der Waals surface area contributed by atoms with Gasteiger partial charge >= 0.3 is 0 Å². The van der Waals surface area contributed by atoms with Crippen LogP contribution in [0.2, 0.25) is 0 Å². The summed E-state index contributed by atoms with van der Waals surface area (Å²) < 4.78 is 14.9. The lowest BCUT2D eigenvalue weighted by molar-refractivity contribution is -0.113. The lowest BCUT2D eigenvalue weighted by Gasteiger charge is -2.05. The van der Waals surface area contributed by atoms with Crippen molar-refractivity contribution in [2.24, 2.45) is 7.05 Å². The number of hydrogen-bond donors (Lipinski definition) is 1. The molecule has 0 saturated heterocycles. The van der Waals surface area contributed by atoms with Gasteiger partial charge in [-0.2, -0.15) is 5.26 Å². The molecule has 30 heavy (non-hydrogen) atoms. The molecule has 1 amide bonds. The van der Waals surface area contributed by atoms with Crippen molar-refractivity contribution in [3.05, 3.63) is 46.1 Å². The van der Waals surface area contributed by atoms with E-state index in [9.17, 15) is 14.4 Å². The summed E-state index contributed by atoms with van der Waals surface area (Å²) in [6.07, 6.45) is 5.28. The number of hydrogen-bond acceptors (Lipinski definition) is 6. The predicted octanol–water partition coefficient (Wildman–Crippen LogP) is 4.55. The van der Waals surface area contributed by atoms with E-state index in [4.69, 9.17) is 0 Å². The van der Waals surface area contributed by atoms with E-state index in [2.05, 4.69) is 21.6 Å². The monoisotopic (exact) mass is 441 g/mol. The number of amides is 1. The maximum absolute atomic E-state index is 13.1. The molecule has 4 rings (SSSR count). The number of aromatic nitrogens is 3. The van der Waals surface area contributed by atoms with Crippen molar-refractivity contribution in [2.45, 2.75) is 37.3 Å². The van der Waals surface area contributed by atoms with Crippen LogP contribution in [0.25, 0.3) is 11.4 Å². The second-order valence-electron chi connectivity index (χ2n) is 7.09. The summed E-state index contributed by atoms with van der Waals surface area (Å²) in [5.74, 6) is 0.267. The molecule has 3 aromatic rings. The van der Waals surface area contributed by atoms with Gasteiger partial charge in [-0.25, -0.2) is 4.39 Å². The molecular formula is C21H20FN5OS2. The number of anilines is 1. The first-order valence-electron chi connectivity index (χ1n) is 9.69. The Morgan fingerprint density at radius 2 is 2.03 bits per heavy atom. The molecular weight excluding hydrogens is 421 g/mol. The largest absolute Gasteiger partial charge is 0.316 e. The van der Waals surface area contributed by atoms with E-state index in [-0.39, 0.29) is 17.5 Å². The van der Waals surface area contributed by atoms with Crippen molar-refractivity contribution in [3.8, 4) is 17.5 Å². The number of nitrogens with one attached hydrogen (secondary N) is 1. The summed E-state index contributed by atoms with van der Waals surface area (Å²) in [7, 11) is 1.81. The Hall–Kier alpha value is -2.70. The summed E-state index contributed by atoms with van der Waals surface area (Å²) in [4.78, 5) is 13.8. The van der Waals surface area contributed by atoms with Gasteiger partial charge in [0.1, 0.15) is 16.9 Å². The molecule has 0 aliphatic heterocycles. The van der Waals surface area contributed by atoms with Gasteiger partial charge in [-0.15, -0.1) is 21.5 Å². The summed E-state index contributed by atoms with van der Waals surface area (Å²) in [5, 5.41) is 22.0. The minimum absolute atomic E-state index is 0.156. The van der Waals surface area contributed by atoms with Gasteiger partial charge in [0, 0.05) is 17.5 Å². The summed E-state index contributed by atoms with van der Waals surface area (Å²) >= 11 is 2.80. The molecule has 154 valence electrons. The van der Waals surface area contributed by atoms with E-state index in [0.29, 0.717) is 21.5 Å². The molecule has 0 bridgehead atoms. The molecule has 0 fully saturated rings. The van der Waals surface area contributed by atoms with Gasteiger partial charge in [-0.05, 0) is 55.5 Å². The van der Waals surface area contributed by atoms with Gasteiger partial charge in [0.25, 0.3) is 0 Å². The van der Waals surface area contributed by atoms with Crippen LogP contribution in [-0.2, 0) is 24.7 Å². The molecule has 0 radical (unpaired) electrons. The zero-order valence-electron chi connectivity index (χ0n) is 16.4. The van der Waals surface area contributed by atoms with E-state index in [1.807, 2.05) is 7.05 Å². The zero-order chi connectivity index (χ0) is 21.1. The average molecular weight is 442 g/mol. The number of carbonyl (C=O) groups is 1. The minimum Gasteiger partial charge on any atom is -0.316 e. The Kier molecular flexibility index (Phi) is 6.16. The molecule has 0 unspecified atom stereocenters. The molecule has 0 atom stereocenters. The van der Waals surface area contributed by atoms with Gasteiger partial charge in [0.05, 0.1) is 11.3 Å². The second-order valence-corrected chi connectivity index (χ2v) is 9.14. The van der Waals surface area contributed by atoms with Crippen LogP contribution in [0.4, 0.5) is 9.39 Å². The maximum Gasteiger partial charge on any atom is 0.235 e. The molecule has 6 nitrogen and oxygen atoms in total. The van der Waals surface area contributed by atoms with Crippen molar-refractivity contribution >= 4 is 34.0 Å². The third-order valence-electron chi connectivity index (χ3n) is 5.06. The highest BCUT2D eigenvalue weighted by Gasteiger charge is 2.21. The number of benzene rings is 1. The number of nitriles is 1. The van der Waals surface area contributed by atoms with Crippen molar-refractivity contribution in [2.75, 3.05) is 11.1 Å². The zero-order valence-corrected chi connectivity index (χ0v) is 18.1. The first-order valence-corrected chi connectivity index (χ1v) is 11.5. The fourth-order valence-electron chi connectivity index (χ4n) is 3.53. The van der Waals surface area contributed by atoms with Crippen LogP contribution in [0.15, 0.2) is 29.4 Å². The van der Waals surface area contributed by atoms with E-state index in [0.717, 1.165) is 36.8 Å². The van der Waals surface area contributed by atoms with Gasteiger partial charge in [0.2, 0.25) is 5.91 Å². The van der Waals surface area contributed by atoms with Gasteiger partial charge in [-0.1, -0.05) is 18.2 Å². The summed E-state index contributed by atoms with van der Waals surface area (Å²) in [6.45, 7) is 0. The van der Waals surface area contributed by atoms with E-state index in [1.165, 1.54) is 46.5 Å². The predicted molar refractivity (Wildman–Crippen MR) is 116 cm³/mol. The standard InChI is InChI=1S/C21H20FN5OS2/c1-27-19(13-7-9-14(22)10-8-13)25-26-21(27)29-12-18(28)24-20-16(11-23)15-5-3-2-4-6-17(15)30-20/h7-10H,2-6,12H2,1H3,(H,24,28). The SMILES string of the molecule is Cn1c(SCC(=O)Nc2sc3c(c2C#N)CCCCC3)nnc1-c1ccc(F)cc1. The molecule has 1 aromatic carbocycles. The van der Waals surface area contributed by atoms with Crippen LogP contribution < -0.4 is 5.32 Å². The number of thiophene rings is 1. The molecule has 0 spiro atoms. The number of carbonyl (C=O) groups excluding carboxylic acids is 1. The van der Waals surface area contributed by atoms with E-state index in [1.54, 1.807) is 16.7 Å². The topological polar surface area (TPSA) is 83.6 Å². The first-order chi connectivity index (χ1) is 14.6. The molecule has 9 heteroatoms. The lowest BCUT2D eigenvalue weighted by Crippen LogP contribution is -2.14. The maximum atomic E-state index is 13.1. The fraction of sp³-hybridized carbons (Fsp3) is 0.333. The third-order valence-corrected chi connectivity index (χ3v) is 7.28. The highest BCUT2D eigenvalue weighted by molar-refractivity contribution is 7.99. The van der Waals surface area contributed by atoms with Crippen LogP contribution in [-0.4, -0.2) is 26.4 Å². The van der Waals surface area contributed by atoms with Crippen molar-refractivity contribution in [3.63, 3.8) is 0 Å². The van der Waals surface area contributed by atoms with Gasteiger partial charge in [0.15, 0.2) is 11.0 Å². The van der Waals surface area contributed by atoms with Crippen LogP contribution in [0, 0.1) is 17.1 Å². The Balaban J connectivity index is 1.43. The number of halogens is 1. The Bertz CT molecular complexity index is 1110. The smallest absolute Gasteiger partial charge is 0.235 e. The normalized spacial score (nSPS) is 13.4. The number of fused-ring (bicyclic) bond motifs is 1. The Labute approximate surface area is 182 Å².